The molecule has 0 bridgehead atoms. The first-order valence-corrected chi connectivity index (χ1v) is 8.18. The van der Waals surface area contributed by atoms with Crippen LogP contribution in [0.5, 0.6) is 5.75 Å². The van der Waals surface area contributed by atoms with Gasteiger partial charge in [0, 0.05) is 6.08 Å². The second kappa shape index (κ2) is 6.68. The van der Waals surface area contributed by atoms with Gasteiger partial charge in [0.25, 0.3) is 0 Å². The zero-order chi connectivity index (χ0) is 18.0. The van der Waals surface area contributed by atoms with E-state index < -0.39 is 5.97 Å². The lowest BCUT2D eigenvalue weighted by Gasteiger charge is -2.33. The van der Waals surface area contributed by atoms with E-state index in [1.54, 1.807) is 6.08 Å². The van der Waals surface area contributed by atoms with Crippen LogP contribution in [-0.2, 0) is 4.79 Å². The average Bonchev–Trinajstić information content (AvgIpc) is 2.41. The molecule has 3 nitrogen and oxygen atoms in total. The molecule has 0 aliphatic rings. The molecule has 3 heteroatoms. The smallest absolute Gasteiger partial charge is 0.328 e. The van der Waals surface area contributed by atoms with Crippen LogP contribution < -0.4 is 4.74 Å². The van der Waals surface area contributed by atoms with Crippen LogP contribution in [0.1, 0.15) is 46.6 Å². The van der Waals surface area contributed by atoms with Gasteiger partial charge in [-0.05, 0) is 66.3 Å². The highest BCUT2D eigenvalue weighted by molar-refractivity contribution is 5.89. The van der Waals surface area contributed by atoms with Gasteiger partial charge in [-0.25, -0.2) is 4.79 Å². The number of benzene rings is 2. The molecule has 0 aromatic heterocycles. The summed E-state index contributed by atoms with van der Waals surface area (Å²) >= 11 is 0. The van der Waals surface area contributed by atoms with E-state index in [0.717, 1.165) is 34.6 Å². The fourth-order valence-electron chi connectivity index (χ4n) is 3.21. The van der Waals surface area contributed by atoms with Crippen molar-refractivity contribution in [2.75, 3.05) is 0 Å². The Morgan fingerprint density at radius 2 is 1.67 bits per heavy atom. The average molecular weight is 326 g/mol. The van der Waals surface area contributed by atoms with E-state index in [1.807, 2.05) is 36.4 Å². The Bertz CT molecular complexity index is 764. The Morgan fingerprint density at radius 3 is 2.29 bits per heavy atom. The molecule has 0 spiro atoms. The molecule has 128 valence electrons. The van der Waals surface area contributed by atoms with Crippen LogP contribution >= 0.6 is 0 Å². The zero-order valence-corrected chi connectivity index (χ0v) is 15.1. The van der Waals surface area contributed by atoms with Crippen molar-refractivity contribution >= 4 is 22.8 Å². The number of fused-ring (bicyclic) bond motifs is 1. The van der Waals surface area contributed by atoms with Crippen molar-refractivity contribution in [1.82, 2.24) is 0 Å². The quantitative estimate of drug-likeness (QED) is 0.735. The first-order chi connectivity index (χ1) is 11.0. The van der Waals surface area contributed by atoms with Crippen molar-refractivity contribution in [3.8, 4) is 5.75 Å². The monoisotopic (exact) mass is 326 g/mol. The second-order valence-electron chi connectivity index (χ2n) is 8.04. The summed E-state index contributed by atoms with van der Waals surface area (Å²) in [6.45, 7) is 10.9. The van der Waals surface area contributed by atoms with Crippen molar-refractivity contribution in [3.63, 3.8) is 0 Å². The van der Waals surface area contributed by atoms with Gasteiger partial charge in [0.15, 0.2) is 0 Å². The van der Waals surface area contributed by atoms with Crippen LogP contribution in [0.3, 0.4) is 0 Å². The van der Waals surface area contributed by atoms with Crippen molar-refractivity contribution in [2.45, 2.75) is 46.6 Å². The van der Waals surface area contributed by atoms with E-state index in [9.17, 15) is 4.79 Å². The van der Waals surface area contributed by atoms with E-state index in [-0.39, 0.29) is 11.0 Å². The standard InChI is InChI=1S/C21H26O3/c1-20(2,3)14-21(4,5)24-18-10-9-16-12-15(7-11-19(22)23)6-8-17(16)13-18/h6-13H,14H2,1-5H3,(H,22,23)/b11-7+. The highest BCUT2D eigenvalue weighted by atomic mass is 16.5. The van der Waals surface area contributed by atoms with Gasteiger partial charge in [-0.3, -0.25) is 0 Å². The molecule has 0 aliphatic heterocycles. The SMILES string of the molecule is CC(C)(C)CC(C)(C)Oc1ccc2cc(/C=C/C(=O)O)ccc2c1. The molecule has 2 rings (SSSR count). The summed E-state index contributed by atoms with van der Waals surface area (Å²) in [5.41, 5.74) is 0.827. The summed E-state index contributed by atoms with van der Waals surface area (Å²) in [7, 11) is 0. The first kappa shape index (κ1) is 18.1. The minimum Gasteiger partial charge on any atom is -0.488 e. The number of hydrogen-bond acceptors (Lipinski definition) is 2. The van der Waals surface area contributed by atoms with Crippen molar-refractivity contribution in [1.29, 1.82) is 0 Å². The Hall–Kier alpha value is -2.29. The summed E-state index contributed by atoms with van der Waals surface area (Å²) in [6.07, 6.45) is 3.70. The normalized spacial score (nSPS) is 12.7. The highest BCUT2D eigenvalue weighted by Crippen LogP contribution is 2.32. The third-order valence-corrected chi connectivity index (χ3v) is 3.60. The molecule has 2 aromatic rings. The van der Waals surface area contributed by atoms with Gasteiger partial charge in [-0.15, -0.1) is 0 Å². The Morgan fingerprint density at radius 1 is 1.04 bits per heavy atom. The van der Waals surface area contributed by atoms with E-state index in [2.05, 4.69) is 34.6 Å². The van der Waals surface area contributed by atoms with Gasteiger partial charge in [0.05, 0.1) is 0 Å². The molecule has 0 aliphatic carbocycles. The topological polar surface area (TPSA) is 46.5 Å². The van der Waals surface area contributed by atoms with Crippen LogP contribution in [0, 0.1) is 5.41 Å². The highest BCUT2D eigenvalue weighted by Gasteiger charge is 2.27. The lowest BCUT2D eigenvalue weighted by Crippen LogP contribution is -2.33. The number of carboxylic acid groups (broad SMARTS) is 1. The molecule has 24 heavy (non-hydrogen) atoms. The molecule has 0 amide bonds. The van der Waals surface area contributed by atoms with Gasteiger partial charge in [0.2, 0.25) is 0 Å². The van der Waals surface area contributed by atoms with E-state index in [4.69, 9.17) is 9.84 Å². The van der Waals surface area contributed by atoms with Crippen molar-refractivity contribution in [3.05, 3.63) is 48.0 Å². The molecule has 0 atom stereocenters. The molecule has 2 aromatic carbocycles. The van der Waals surface area contributed by atoms with Gasteiger partial charge >= 0.3 is 5.97 Å². The largest absolute Gasteiger partial charge is 0.488 e. The van der Waals surface area contributed by atoms with Crippen LogP contribution in [-0.4, -0.2) is 16.7 Å². The van der Waals surface area contributed by atoms with Crippen LogP contribution in [0.2, 0.25) is 0 Å². The molecular formula is C21H26O3. The molecule has 0 fully saturated rings. The van der Waals surface area contributed by atoms with Crippen LogP contribution in [0.4, 0.5) is 0 Å². The zero-order valence-electron chi connectivity index (χ0n) is 15.1. The molecule has 0 radical (unpaired) electrons. The molecule has 0 saturated carbocycles. The Kier molecular flexibility index (Phi) is 5.02. The third-order valence-electron chi connectivity index (χ3n) is 3.60. The predicted molar refractivity (Wildman–Crippen MR) is 99.4 cm³/mol. The summed E-state index contributed by atoms with van der Waals surface area (Å²) in [4.78, 5) is 10.6. The minimum atomic E-state index is -0.945. The molecule has 0 heterocycles. The summed E-state index contributed by atoms with van der Waals surface area (Å²) in [6, 6.07) is 11.9. The maximum absolute atomic E-state index is 10.6. The molecule has 0 saturated heterocycles. The molecule has 1 N–H and O–H groups in total. The Labute approximate surface area is 144 Å². The lowest BCUT2D eigenvalue weighted by molar-refractivity contribution is -0.131. The molecular weight excluding hydrogens is 300 g/mol. The van der Waals surface area contributed by atoms with Crippen molar-refractivity contribution < 1.29 is 14.6 Å². The number of ether oxygens (including phenoxy) is 1. The second-order valence-corrected chi connectivity index (χ2v) is 8.04. The van der Waals surface area contributed by atoms with Gasteiger partial charge < -0.3 is 9.84 Å². The number of aliphatic carboxylic acids is 1. The van der Waals surface area contributed by atoms with Crippen LogP contribution in [0.25, 0.3) is 16.8 Å². The number of carboxylic acids is 1. The Balaban J connectivity index is 2.23. The van der Waals surface area contributed by atoms with E-state index >= 15 is 0 Å². The van der Waals surface area contributed by atoms with Gasteiger partial charge in [0.1, 0.15) is 11.4 Å². The lowest BCUT2D eigenvalue weighted by atomic mass is 9.83. The van der Waals surface area contributed by atoms with Gasteiger partial charge in [-0.2, -0.15) is 0 Å². The number of hydrogen-bond donors (Lipinski definition) is 1. The maximum Gasteiger partial charge on any atom is 0.328 e. The van der Waals surface area contributed by atoms with E-state index in [0.29, 0.717) is 0 Å². The fourth-order valence-corrected chi connectivity index (χ4v) is 3.21. The fraction of sp³-hybridized carbons (Fsp3) is 0.381. The summed E-state index contributed by atoms with van der Waals surface area (Å²) < 4.78 is 6.20. The van der Waals surface area contributed by atoms with Crippen molar-refractivity contribution in [2.24, 2.45) is 5.41 Å². The molecule has 0 unspecified atom stereocenters. The van der Waals surface area contributed by atoms with Crippen LogP contribution in [0.15, 0.2) is 42.5 Å². The number of rotatable bonds is 5. The number of carbonyl (C=O) groups is 1. The van der Waals surface area contributed by atoms with E-state index in [1.165, 1.54) is 0 Å². The third kappa shape index (κ3) is 5.41. The minimum absolute atomic E-state index is 0.200. The predicted octanol–water partition coefficient (Wildman–Crippen LogP) is 5.53. The van der Waals surface area contributed by atoms with Gasteiger partial charge in [-0.1, -0.05) is 39.0 Å². The maximum atomic E-state index is 10.6. The first-order valence-electron chi connectivity index (χ1n) is 8.18. The summed E-state index contributed by atoms with van der Waals surface area (Å²) in [5, 5.41) is 10.8. The summed E-state index contributed by atoms with van der Waals surface area (Å²) in [5.74, 6) is -0.0921.